The van der Waals surface area contributed by atoms with Crippen molar-refractivity contribution in [1.29, 1.82) is 0 Å². The lowest BCUT2D eigenvalue weighted by molar-refractivity contribution is -0.131. The maximum atomic E-state index is 12.0. The van der Waals surface area contributed by atoms with Gasteiger partial charge >= 0.3 is 0 Å². The maximum Gasteiger partial charge on any atom is 0.219 e. The molecule has 0 saturated carbocycles. The minimum Gasteiger partial charge on any atom is -0.340 e. The first-order valence-corrected chi connectivity index (χ1v) is 7.59. The third kappa shape index (κ3) is 4.29. The van der Waals surface area contributed by atoms with Crippen molar-refractivity contribution in [1.82, 2.24) is 9.80 Å². The van der Waals surface area contributed by atoms with Crippen molar-refractivity contribution in [3.63, 3.8) is 0 Å². The van der Waals surface area contributed by atoms with Gasteiger partial charge in [-0.25, -0.2) is 0 Å². The van der Waals surface area contributed by atoms with E-state index in [0.717, 1.165) is 31.7 Å². The van der Waals surface area contributed by atoms with Crippen molar-refractivity contribution >= 4 is 23.3 Å². The number of carbonyl (C=O) groups is 2. The zero-order valence-corrected chi connectivity index (χ0v) is 13.3. The molecule has 0 aliphatic carbocycles. The van der Waals surface area contributed by atoms with Gasteiger partial charge in [0.1, 0.15) is 5.78 Å². The Morgan fingerprint density at radius 3 is 2.14 bits per heavy atom. The molecule has 1 amide bonds. The van der Waals surface area contributed by atoms with E-state index in [0.29, 0.717) is 11.6 Å². The van der Waals surface area contributed by atoms with E-state index in [1.165, 1.54) is 0 Å². The Bertz CT molecular complexity index is 508. The molecule has 2 rings (SSSR count). The fourth-order valence-electron chi connectivity index (χ4n) is 2.67. The predicted octanol–water partition coefficient (Wildman–Crippen LogP) is 2.18. The number of halogens is 1. The van der Waals surface area contributed by atoms with Crippen LogP contribution in [-0.4, -0.2) is 54.2 Å². The minimum absolute atomic E-state index is 0.121. The van der Waals surface area contributed by atoms with Crippen molar-refractivity contribution in [2.45, 2.75) is 19.8 Å². The molecule has 1 fully saturated rings. The number of hydrogen-bond donors (Lipinski definition) is 0. The number of carbonyl (C=O) groups excluding carboxylic acids is 2. The van der Waals surface area contributed by atoms with Crippen LogP contribution in [0.3, 0.4) is 0 Å². The van der Waals surface area contributed by atoms with E-state index < -0.39 is 0 Å². The second-order valence-corrected chi connectivity index (χ2v) is 5.96. The third-order valence-electron chi connectivity index (χ3n) is 4.02. The molecule has 0 unspecified atom stereocenters. The number of piperazine rings is 1. The number of nitrogens with zero attached hydrogens (tertiary/aromatic N) is 2. The predicted molar refractivity (Wildman–Crippen MR) is 83.6 cm³/mol. The fourth-order valence-corrected chi connectivity index (χ4v) is 2.79. The SMILES string of the molecule is CC(=O)[C@H](CN1CCN(C(C)=O)CC1)c1ccc(Cl)cc1. The quantitative estimate of drug-likeness (QED) is 0.856. The van der Waals surface area contributed by atoms with Crippen LogP contribution in [0.4, 0.5) is 0 Å². The molecule has 0 N–H and O–H groups in total. The summed E-state index contributed by atoms with van der Waals surface area (Å²) in [6.07, 6.45) is 0. The van der Waals surface area contributed by atoms with Crippen LogP contribution in [0.5, 0.6) is 0 Å². The number of benzene rings is 1. The van der Waals surface area contributed by atoms with Gasteiger partial charge in [-0.2, -0.15) is 0 Å². The largest absolute Gasteiger partial charge is 0.340 e. The van der Waals surface area contributed by atoms with E-state index in [4.69, 9.17) is 11.6 Å². The molecule has 5 heteroatoms. The van der Waals surface area contributed by atoms with Gasteiger partial charge in [-0.05, 0) is 24.6 Å². The van der Waals surface area contributed by atoms with Crippen molar-refractivity contribution in [2.24, 2.45) is 0 Å². The van der Waals surface area contributed by atoms with Gasteiger partial charge in [-0.15, -0.1) is 0 Å². The summed E-state index contributed by atoms with van der Waals surface area (Å²) < 4.78 is 0. The lowest BCUT2D eigenvalue weighted by atomic mass is 9.94. The first kappa shape index (κ1) is 16.0. The summed E-state index contributed by atoms with van der Waals surface area (Å²) in [7, 11) is 0. The van der Waals surface area contributed by atoms with E-state index in [9.17, 15) is 9.59 Å². The van der Waals surface area contributed by atoms with Gasteiger partial charge in [0.25, 0.3) is 0 Å². The third-order valence-corrected chi connectivity index (χ3v) is 4.27. The molecule has 114 valence electrons. The molecule has 1 heterocycles. The molecule has 0 spiro atoms. The molecule has 4 nitrogen and oxygen atoms in total. The van der Waals surface area contributed by atoms with Crippen LogP contribution in [0.2, 0.25) is 5.02 Å². The Labute approximate surface area is 130 Å². The van der Waals surface area contributed by atoms with Crippen molar-refractivity contribution in [3.05, 3.63) is 34.9 Å². The van der Waals surface area contributed by atoms with Gasteiger partial charge in [-0.1, -0.05) is 23.7 Å². The van der Waals surface area contributed by atoms with Crippen molar-refractivity contribution in [2.75, 3.05) is 32.7 Å². The molecule has 1 aliphatic rings. The zero-order valence-electron chi connectivity index (χ0n) is 12.5. The number of hydrogen-bond acceptors (Lipinski definition) is 3. The van der Waals surface area contributed by atoms with Gasteiger partial charge < -0.3 is 4.90 Å². The highest BCUT2D eigenvalue weighted by Crippen LogP contribution is 2.21. The fraction of sp³-hybridized carbons (Fsp3) is 0.500. The summed E-state index contributed by atoms with van der Waals surface area (Å²) in [6.45, 7) is 7.03. The number of Topliss-reactive ketones (excluding diaryl/α,β-unsaturated/α-hetero) is 1. The van der Waals surface area contributed by atoms with Crippen LogP contribution in [0.25, 0.3) is 0 Å². The van der Waals surface area contributed by atoms with E-state index in [1.807, 2.05) is 29.2 Å². The van der Waals surface area contributed by atoms with E-state index in [2.05, 4.69) is 4.90 Å². The summed E-state index contributed by atoms with van der Waals surface area (Å²) in [5.74, 6) is 0.146. The van der Waals surface area contributed by atoms with Crippen LogP contribution in [-0.2, 0) is 9.59 Å². The summed E-state index contributed by atoms with van der Waals surface area (Å²) in [4.78, 5) is 27.4. The zero-order chi connectivity index (χ0) is 15.4. The normalized spacial score (nSPS) is 17.6. The molecule has 1 atom stereocenters. The molecule has 1 aromatic carbocycles. The molecule has 0 bridgehead atoms. The molecule has 1 saturated heterocycles. The first-order valence-electron chi connectivity index (χ1n) is 7.21. The van der Waals surface area contributed by atoms with E-state index >= 15 is 0 Å². The van der Waals surface area contributed by atoms with Crippen LogP contribution in [0, 0.1) is 0 Å². The smallest absolute Gasteiger partial charge is 0.219 e. The number of ketones is 1. The molecule has 0 radical (unpaired) electrons. The topological polar surface area (TPSA) is 40.6 Å². The Kier molecular flexibility index (Phi) is 5.37. The Balaban J connectivity index is 2.00. The Morgan fingerprint density at radius 2 is 1.67 bits per heavy atom. The highest BCUT2D eigenvalue weighted by atomic mass is 35.5. The molecular weight excluding hydrogens is 288 g/mol. The highest BCUT2D eigenvalue weighted by molar-refractivity contribution is 6.30. The van der Waals surface area contributed by atoms with Crippen LogP contribution in [0.15, 0.2) is 24.3 Å². The lowest BCUT2D eigenvalue weighted by Crippen LogP contribution is -2.49. The van der Waals surface area contributed by atoms with Crippen molar-refractivity contribution in [3.8, 4) is 0 Å². The van der Waals surface area contributed by atoms with Crippen LogP contribution in [0.1, 0.15) is 25.3 Å². The van der Waals surface area contributed by atoms with Gasteiger partial charge in [0.05, 0.1) is 5.92 Å². The summed E-state index contributed by atoms with van der Waals surface area (Å²) >= 11 is 5.90. The molecule has 21 heavy (non-hydrogen) atoms. The molecule has 0 aromatic heterocycles. The molecular formula is C16H21ClN2O2. The highest BCUT2D eigenvalue weighted by Gasteiger charge is 2.24. The second-order valence-electron chi connectivity index (χ2n) is 5.52. The maximum absolute atomic E-state index is 12.0. The first-order chi connectivity index (χ1) is 9.97. The van der Waals surface area contributed by atoms with Gasteiger partial charge in [0.2, 0.25) is 5.91 Å². The minimum atomic E-state index is -0.133. The van der Waals surface area contributed by atoms with Crippen LogP contribution >= 0.6 is 11.6 Å². The van der Waals surface area contributed by atoms with Crippen molar-refractivity contribution < 1.29 is 9.59 Å². The molecule has 1 aliphatic heterocycles. The summed E-state index contributed by atoms with van der Waals surface area (Å²) in [6, 6.07) is 7.47. The average Bonchev–Trinajstić information content (AvgIpc) is 2.46. The summed E-state index contributed by atoms with van der Waals surface area (Å²) in [5.41, 5.74) is 1.00. The lowest BCUT2D eigenvalue weighted by Gasteiger charge is -2.35. The number of rotatable bonds is 4. The monoisotopic (exact) mass is 308 g/mol. The van der Waals surface area contributed by atoms with Gasteiger partial charge in [-0.3, -0.25) is 14.5 Å². The summed E-state index contributed by atoms with van der Waals surface area (Å²) in [5, 5.41) is 0.677. The van der Waals surface area contributed by atoms with E-state index in [-0.39, 0.29) is 17.6 Å². The Morgan fingerprint density at radius 1 is 1.10 bits per heavy atom. The van der Waals surface area contributed by atoms with Gasteiger partial charge in [0, 0.05) is 44.7 Å². The standard InChI is InChI=1S/C16H21ClN2O2/c1-12(20)16(14-3-5-15(17)6-4-14)11-18-7-9-19(10-8-18)13(2)21/h3-6,16H,7-11H2,1-2H3/t16-/m0/s1. The Hall–Kier alpha value is -1.39. The molecule has 1 aromatic rings. The average molecular weight is 309 g/mol. The van der Waals surface area contributed by atoms with E-state index in [1.54, 1.807) is 13.8 Å². The second kappa shape index (κ2) is 7.05. The van der Waals surface area contributed by atoms with Gasteiger partial charge in [0.15, 0.2) is 0 Å². The van der Waals surface area contributed by atoms with Crippen LogP contribution < -0.4 is 0 Å². The number of amides is 1.